The van der Waals surface area contributed by atoms with E-state index in [0.29, 0.717) is 5.92 Å². The van der Waals surface area contributed by atoms with E-state index in [0.717, 1.165) is 31.4 Å². The maximum absolute atomic E-state index is 5.82. The lowest BCUT2D eigenvalue weighted by atomic mass is 10.0. The molecule has 18 heavy (non-hydrogen) atoms. The SMILES string of the molecule is Cc1cc(OCCNCC2CC2)cc(C(C)C)c1. The number of rotatable bonds is 7. The third-order valence-corrected chi connectivity index (χ3v) is 3.42. The van der Waals surface area contributed by atoms with Crippen molar-refractivity contribution >= 4 is 0 Å². The highest BCUT2D eigenvalue weighted by Crippen LogP contribution is 2.27. The highest BCUT2D eigenvalue weighted by Gasteiger charge is 2.19. The average molecular weight is 247 g/mol. The molecule has 1 aromatic rings. The predicted octanol–water partition coefficient (Wildman–Crippen LogP) is 3.50. The third kappa shape index (κ3) is 4.34. The maximum atomic E-state index is 5.82. The van der Waals surface area contributed by atoms with E-state index < -0.39 is 0 Å². The van der Waals surface area contributed by atoms with Crippen LogP contribution in [0.2, 0.25) is 0 Å². The Morgan fingerprint density at radius 2 is 2.06 bits per heavy atom. The van der Waals surface area contributed by atoms with E-state index in [4.69, 9.17) is 4.74 Å². The summed E-state index contributed by atoms with van der Waals surface area (Å²) in [5.41, 5.74) is 2.64. The number of benzene rings is 1. The number of aryl methyl sites for hydroxylation is 1. The maximum Gasteiger partial charge on any atom is 0.119 e. The van der Waals surface area contributed by atoms with Gasteiger partial charge in [-0.05, 0) is 61.4 Å². The molecule has 0 bridgehead atoms. The number of hydrogen-bond acceptors (Lipinski definition) is 2. The van der Waals surface area contributed by atoms with E-state index in [1.807, 2.05) is 0 Å². The molecule has 1 aliphatic carbocycles. The summed E-state index contributed by atoms with van der Waals surface area (Å²) in [4.78, 5) is 0. The molecule has 1 fully saturated rings. The fourth-order valence-electron chi connectivity index (χ4n) is 2.06. The fraction of sp³-hybridized carbons (Fsp3) is 0.625. The van der Waals surface area contributed by atoms with Gasteiger partial charge in [0.25, 0.3) is 0 Å². The van der Waals surface area contributed by atoms with Gasteiger partial charge in [-0.15, -0.1) is 0 Å². The van der Waals surface area contributed by atoms with E-state index in [9.17, 15) is 0 Å². The molecule has 1 N–H and O–H groups in total. The largest absolute Gasteiger partial charge is 0.492 e. The van der Waals surface area contributed by atoms with Crippen LogP contribution in [0.1, 0.15) is 43.7 Å². The number of hydrogen-bond donors (Lipinski definition) is 1. The van der Waals surface area contributed by atoms with Crippen molar-refractivity contribution in [2.45, 2.75) is 39.5 Å². The second kappa shape index (κ2) is 6.24. The van der Waals surface area contributed by atoms with Crippen molar-refractivity contribution in [3.63, 3.8) is 0 Å². The molecule has 100 valence electrons. The molecule has 2 heteroatoms. The van der Waals surface area contributed by atoms with Crippen LogP contribution in [0.3, 0.4) is 0 Å². The fourth-order valence-corrected chi connectivity index (χ4v) is 2.06. The van der Waals surface area contributed by atoms with E-state index in [1.165, 1.54) is 24.0 Å². The van der Waals surface area contributed by atoms with Crippen LogP contribution in [0, 0.1) is 12.8 Å². The molecule has 0 aliphatic heterocycles. The number of nitrogens with one attached hydrogen (secondary N) is 1. The van der Waals surface area contributed by atoms with Gasteiger partial charge < -0.3 is 10.1 Å². The lowest BCUT2D eigenvalue weighted by Gasteiger charge is -2.12. The van der Waals surface area contributed by atoms with Gasteiger partial charge in [-0.1, -0.05) is 19.9 Å². The Morgan fingerprint density at radius 1 is 1.28 bits per heavy atom. The van der Waals surface area contributed by atoms with Gasteiger partial charge in [0.15, 0.2) is 0 Å². The molecule has 2 rings (SSSR count). The lowest BCUT2D eigenvalue weighted by Crippen LogP contribution is -2.23. The molecule has 2 nitrogen and oxygen atoms in total. The Morgan fingerprint density at radius 3 is 2.72 bits per heavy atom. The van der Waals surface area contributed by atoms with Crippen molar-refractivity contribution in [2.75, 3.05) is 19.7 Å². The molecule has 1 aromatic carbocycles. The van der Waals surface area contributed by atoms with Crippen LogP contribution in [0.25, 0.3) is 0 Å². The van der Waals surface area contributed by atoms with Crippen LogP contribution in [0.4, 0.5) is 0 Å². The quantitative estimate of drug-likeness (QED) is 0.745. The Bertz CT molecular complexity index is 383. The van der Waals surface area contributed by atoms with Crippen LogP contribution in [-0.4, -0.2) is 19.7 Å². The van der Waals surface area contributed by atoms with Gasteiger partial charge in [0.05, 0.1) is 0 Å². The minimum absolute atomic E-state index is 0.556. The van der Waals surface area contributed by atoms with E-state index >= 15 is 0 Å². The molecule has 1 saturated carbocycles. The Labute approximate surface area is 111 Å². The van der Waals surface area contributed by atoms with E-state index in [-0.39, 0.29) is 0 Å². The summed E-state index contributed by atoms with van der Waals surface area (Å²) in [5.74, 6) is 2.50. The highest BCUT2D eigenvalue weighted by molar-refractivity contribution is 5.35. The normalized spacial score (nSPS) is 15.1. The summed E-state index contributed by atoms with van der Waals surface area (Å²) in [6, 6.07) is 6.52. The van der Waals surface area contributed by atoms with Crippen molar-refractivity contribution < 1.29 is 4.74 Å². The predicted molar refractivity (Wildman–Crippen MR) is 76.4 cm³/mol. The first-order valence-electron chi connectivity index (χ1n) is 7.10. The van der Waals surface area contributed by atoms with Gasteiger partial charge >= 0.3 is 0 Å². The molecule has 0 heterocycles. The minimum Gasteiger partial charge on any atom is -0.492 e. The summed E-state index contributed by atoms with van der Waals surface area (Å²) in [6.45, 7) is 9.43. The number of ether oxygens (including phenoxy) is 1. The Kier molecular flexibility index (Phi) is 4.65. The van der Waals surface area contributed by atoms with Crippen molar-refractivity contribution in [3.8, 4) is 5.75 Å². The van der Waals surface area contributed by atoms with Gasteiger partial charge in [-0.2, -0.15) is 0 Å². The molecule has 0 spiro atoms. The van der Waals surface area contributed by atoms with Crippen molar-refractivity contribution in [2.24, 2.45) is 5.92 Å². The highest BCUT2D eigenvalue weighted by atomic mass is 16.5. The first kappa shape index (κ1) is 13.4. The zero-order valence-electron chi connectivity index (χ0n) is 11.8. The first-order valence-corrected chi connectivity index (χ1v) is 7.10. The van der Waals surface area contributed by atoms with Gasteiger partial charge in [-0.25, -0.2) is 0 Å². The molecule has 0 aromatic heterocycles. The molecule has 0 saturated heterocycles. The van der Waals surface area contributed by atoms with E-state index in [2.05, 4.69) is 44.3 Å². The van der Waals surface area contributed by atoms with Crippen LogP contribution in [0.15, 0.2) is 18.2 Å². The first-order chi connectivity index (χ1) is 8.65. The molecule has 0 amide bonds. The van der Waals surface area contributed by atoms with E-state index in [1.54, 1.807) is 0 Å². The average Bonchev–Trinajstić information content (AvgIpc) is 3.12. The molecule has 1 aliphatic rings. The van der Waals surface area contributed by atoms with Crippen LogP contribution in [-0.2, 0) is 0 Å². The molecule has 0 unspecified atom stereocenters. The Hall–Kier alpha value is -1.02. The Balaban J connectivity index is 1.76. The molecule has 0 atom stereocenters. The van der Waals surface area contributed by atoms with Crippen LogP contribution >= 0.6 is 0 Å². The zero-order valence-corrected chi connectivity index (χ0v) is 11.8. The minimum atomic E-state index is 0.556. The second-order valence-electron chi connectivity index (χ2n) is 5.73. The van der Waals surface area contributed by atoms with Gasteiger partial charge in [-0.3, -0.25) is 0 Å². The summed E-state index contributed by atoms with van der Waals surface area (Å²) in [7, 11) is 0. The van der Waals surface area contributed by atoms with Gasteiger partial charge in [0.2, 0.25) is 0 Å². The molecular formula is C16H25NO. The molecule has 0 radical (unpaired) electrons. The summed E-state index contributed by atoms with van der Waals surface area (Å²) in [5, 5.41) is 3.44. The van der Waals surface area contributed by atoms with Crippen molar-refractivity contribution in [1.82, 2.24) is 5.32 Å². The summed E-state index contributed by atoms with van der Waals surface area (Å²) < 4.78 is 5.82. The topological polar surface area (TPSA) is 21.3 Å². The molecular weight excluding hydrogens is 222 g/mol. The van der Waals surface area contributed by atoms with Gasteiger partial charge in [0, 0.05) is 6.54 Å². The van der Waals surface area contributed by atoms with Gasteiger partial charge in [0.1, 0.15) is 12.4 Å². The zero-order chi connectivity index (χ0) is 13.0. The monoisotopic (exact) mass is 247 g/mol. The van der Waals surface area contributed by atoms with Crippen molar-refractivity contribution in [3.05, 3.63) is 29.3 Å². The van der Waals surface area contributed by atoms with Crippen molar-refractivity contribution in [1.29, 1.82) is 0 Å². The van der Waals surface area contributed by atoms with Crippen LogP contribution < -0.4 is 10.1 Å². The standard InChI is InChI=1S/C16H25NO/c1-12(2)15-8-13(3)9-16(10-15)18-7-6-17-11-14-4-5-14/h8-10,12,14,17H,4-7,11H2,1-3H3. The second-order valence-corrected chi connectivity index (χ2v) is 5.73. The third-order valence-electron chi connectivity index (χ3n) is 3.42. The summed E-state index contributed by atoms with van der Waals surface area (Å²) >= 11 is 0. The lowest BCUT2D eigenvalue weighted by molar-refractivity contribution is 0.312. The van der Waals surface area contributed by atoms with Crippen LogP contribution in [0.5, 0.6) is 5.75 Å². The smallest absolute Gasteiger partial charge is 0.119 e. The summed E-state index contributed by atoms with van der Waals surface area (Å²) in [6.07, 6.45) is 2.81.